The molecule has 2 aromatic rings. The Hall–Kier alpha value is -2.35. The molecule has 1 atom stereocenters. The summed E-state index contributed by atoms with van der Waals surface area (Å²) in [6, 6.07) is 20.6. The highest BCUT2D eigenvalue weighted by molar-refractivity contribution is 6.07. The maximum Gasteiger partial charge on any atom is 0.162 e. The van der Waals surface area contributed by atoms with Crippen molar-refractivity contribution in [3.8, 4) is 0 Å². The molecule has 1 aliphatic rings. The van der Waals surface area contributed by atoms with Gasteiger partial charge in [0.1, 0.15) is 0 Å². The fraction of sp³-hybridized carbons (Fsp3) is 0.211. The number of Topliss-reactive ketones (excluding diaryl/α,β-unsaturated/α-hetero) is 1. The number of hydrogen-bond acceptors (Lipinski definition) is 2. The van der Waals surface area contributed by atoms with E-state index in [-0.39, 0.29) is 11.8 Å². The lowest BCUT2D eigenvalue weighted by molar-refractivity contribution is -0.116. The summed E-state index contributed by atoms with van der Waals surface area (Å²) in [6.45, 7) is 4.05. The van der Waals surface area contributed by atoms with E-state index < -0.39 is 0 Å². The Morgan fingerprint density at radius 1 is 0.952 bits per heavy atom. The second-order valence-electron chi connectivity index (χ2n) is 5.52. The number of rotatable bonds is 2. The van der Waals surface area contributed by atoms with Gasteiger partial charge in [0.25, 0.3) is 0 Å². The van der Waals surface area contributed by atoms with Crippen LogP contribution in [0.2, 0.25) is 0 Å². The minimum absolute atomic E-state index is 0.166. The first kappa shape index (κ1) is 13.6. The molecule has 106 valence electrons. The lowest BCUT2D eigenvalue weighted by atomic mass is 9.92. The molecular formula is C19H19NO. The number of carbonyl (C=O) groups is 1. The second kappa shape index (κ2) is 5.57. The molecule has 2 aromatic carbocycles. The molecule has 0 spiro atoms. The van der Waals surface area contributed by atoms with Crippen LogP contribution in [-0.2, 0) is 4.79 Å². The van der Waals surface area contributed by atoms with Crippen molar-refractivity contribution in [2.45, 2.75) is 26.3 Å². The Bertz CT molecular complexity index is 673. The largest absolute Gasteiger partial charge is 0.337 e. The molecule has 0 radical (unpaired) electrons. The lowest BCUT2D eigenvalue weighted by Gasteiger charge is -2.38. The van der Waals surface area contributed by atoms with Gasteiger partial charge in [0.05, 0.1) is 5.70 Å². The Labute approximate surface area is 125 Å². The summed E-state index contributed by atoms with van der Waals surface area (Å²) in [5, 5.41) is 0. The molecule has 0 bridgehead atoms. The molecule has 21 heavy (non-hydrogen) atoms. The molecule has 0 amide bonds. The van der Waals surface area contributed by atoms with Crippen LogP contribution in [0.3, 0.4) is 0 Å². The van der Waals surface area contributed by atoms with Crippen LogP contribution in [0.1, 0.15) is 25.8 Å². The minimum atomic E-state index is 0.166. The molecule has 2 heteroatoms. The van der Waals surface area contributed by atoms with E-state index in [1.165, 1.54) is 0 Å². The molecule has 0 aromatic heterocycles. The standard InChI is InChI=1S/C19H19NO/c1-14-13-18(21)15(2)19(16-9-5-3-6-10-16)20(14)17-11-7-4-8-12-17/h3-12,14H,13H2,1-2H3. The Balaban J connectivity index is 2.18. The number of nitrogens with zero attached hydrogens (tertiary/aromatic N) is 1. The van der Waals surface area contributed by atoms with Crippen molar-refractivity contribution in [3.63, 3.8) is 0 Å². The van der Waals surface area contributed by atoms with Gasteiger partial charge in [-0.25, -0.2) is 0 Å². The highest BCUT2D eigenvalue weighted by Gasteiger charge is 2.30. The van der Waals surface area contributed by atoms with Gasteiger partial charge in [-0.3, -0.25) is 4.79 Å². The van der Waals surface area contributed by atoms with Gasteiger partial charge in [-0.15, -0.1) is 0 Å². The van der Waals surface area contributed by atoms with Crippen LogP contribution < -0.4 is 4.90 Å². The third kappa shape index (κ3) is 2.49. The van der Waals surface area contributed by atoms with Gasteiger partial charge in [-0.05, 0) is 31.5 Å². The van der Waals surface area contributed by atoms with Gasteiger partial charge in [0, 0.05) is 23.7 Å². The molecule has 3 rings (SSSR count). The highest BCUT2D eigenvalue weighted by Crippen LogP contribution is 2.35. The SMILES string of the molecule is CC1=C(c2ccccc2)N(c2ccccc2)C(C)CC1=O. The fourth-order valence-electron chi connectivity index (χ4n) is 2.97. The van der Waals surface area contributed by atoms with E-state index in [9.17, 15) is 4.79 Å². The first-order valence-electron chi connectivity index (χ1n) is 7.32. The van der Waals surface area contributed by atoms with Gasteiger partial charge in [-0.2, -0.15) is 0 Å². The van der Waals surface area contributed by atoms with Crippen LogP contribution in [0.25, 0.3) is 5.70 Å². The van der Waals surface area contributed by atoms with Crippen LogP contribution in [0, 0.1) is 0 Å². The summed E-state index contributed by atoms with van der Waals surface area (Å²) >= 11 is 0. The third-order valence-electron chi connectivity index (χ3n) is 4.02. The summed E-state index contributed by atoms with van der Waals surface area (Å²) < 4.78 is 0. The summed E-state index contributed by atoms with van der Waals surface area (Å²) in [5.74, 6) is 0.244. The number of benzene rings is 2. The van der Waals surface area contributed by atoms with E-state index in [2.05, 4.69) is 36.1 Å². The maximum atomic E-state index is 12.3. The minimum Gasteiger partial charge on any atom is -0.337 e. The van der Waals surface area contributed by atoms with E-state index >= 15 is 0 Å². The summed E-state index contributed by atoms with van der Waals surface area (Å²) in [6.07, 6.45) is 0.567. The fourth-order valence-corrected chi connectivity index (χ4v) is 2.97. The Morgan fingerprint density at radius 3 is 2.14 bits per heavy atom. The smallest absolute Gasteiger partial charge is 0.162 e. The van der Waals surface area contributed by atoms with Gasteiger partial charge in [0.2, 0.25) is 0 Å². The number of allylic oxidation sites excluding steroid dienone is 1. The van der Waals surface area contributed by atoms with E-state index in [4.69, 9.17) is 0 Å². The molecule has 0 saturated heterocycles. The van der Waals surface area contributed by atoms with E-state index in [0.717, 1.165) is 22.5 Å². The first-order chi connectivity index (χ1) is 10.2. The average Bonchev–Trinajstić information content (AvgIpc) is 2.52. The highest BCUT2D eigenvalue weighted by atomic mass is 16.1. The van der Waals surface area contributed by atoms with Crippen molar-refractivity contribution in [1.82, 2.24) is 0 Å². The van der Waals surface area contributed by atoms with Crippen molar-refractivity contribution in [3.05, 3.63) is 71.8 Å². The third-order valence-corrected chi connectivity index (χ3v) is 4.02. The van der Waals surface area contributed by atoms with E-state index in [1.807, 2.05) is 43.3 Å². The van der Waals surface area contributed by atoms with Crippen molar-refractivity contribution >= 4 is 17.2 Å². The van der Waals surface area contributed by atoms with Crippen LogP contribution in [0.15, 0.2) is 66.2 Å². The van der Waals surface area contributed by atoms with Crippen LogP contribution >= 0.6 is 0 Å². The molecule has 2 nitrogen and oxygen atoms in total. The van der Waals surface area contributed by atoms with Crippen LogP contribution in [0.4, 0.5) is 5.69 Å². The first-order valence-corrected chi connectivity index (χ1v) is 7.32. The predicted octanol–water partition coefficient (Wildman–Crippen LogP) is 4.29. The van der Waals surface area contributed by atoms with Crippen LogP contribution in [-0.4, -0.2) is 11.8 Å². The van der Waals surface area contributed by atoms with Crippen molar-refractivity contribution in [2.75, 3.05) is 4.90 Å². The lowest BCUT2D eigenvalue weighted by Crippen LogP contribution is -2.38. The zero-order valence-electron chi connectivity index (χ0n) is 12.4. The van der Waals surface area contributed by atoms with E-state index in [1.54, 1.807) is 0 Å². The molecule has 1 unspecified atom stereocenters. The summed E-state index contributed by atoms with van der Waals surface area (Å²) in [5.41, 5.74) is 4.11. The van der Waals surface area contributed by atoms with Crippen molar-refractivity contribution in [1.29, 1.82) is 0 Å². The summed E-state index contributed by atoms with van der Waals surface area (Å²) in [7, 11) is 0. The molecule has 0 N–H and O–H groups in total. The van der Waals surface area contributed by atoms with Gasteiger partial charge < -0.3 is 4.90 Å². The molecule has 0 aliphatic carbocycles. The molecule has 1 aliphatic heterocycles. The predicted molar refractivity (Wildman–Crippen MR) is 87.0 cm³/mol. The Kier molecular flexibility index (Phi) is 3.61. The van der Waals surface area contributed by atoms with Crippen molar-refractivity contribution < 1.29 is 4.79 Å². The normalized spacial score (nSPS) is 19.0. The molecule has 0 fully saturated rings. The van der Waals surface area contributed by atoms with Gasteiger partial charge in [-0.1, -0.05) is 48.5 Å². The zero-order chi connectivity index (χ0) is 14.8. The number of hydrogen-bond donors (Lipinski definition) is 0. The second-order valence-corrected chi connectivity index (χ2v) is 5.52. The molecule has 1 heterocycles. The van der Waals surface area contributed by atoms with Crippen molar-refractivity contribution in [2.24, 2.45) is 0 Å². The number of para-hydroxylation sites is 1. The van der Waals surface area contributed by atoms with Gasteiger partial charge in [0.15, 0.2) is 5.78 Å². The number of ketones is 1. The monoisotopic (exact) mass is 277 g/mol. The van der Waals surface area contributed by atoms with Crippen LogP contribution in [0.5, 0.6) is 0 Å². The topological polar surface area (TPSA) is 20.3 Å². The quantitative estimate of drug-likeness (QED) is 0.816. The zero-order valence-corrected chi connectivity index (χ0v) is 12.4. The maximum absolute atomic E-state index is 12.3. The average molecular weight is 277 g/mol. The molecular weight excluding hydrogens is 258 g/mol. The summed E-state index contributed by atoms with van der Waals surface area (Å²) in [4.78, 5) is 14.6. The van der Waals surface area contributed by atoms with E-state index in [0.29, 0.717) is 6.42 Å². The molecule has 0 saturated carbocycles. The Morgan fingerprint density at radius 2 is 1.52 bits per heavy atom. The number of carbonyl (C=O) groups excluding carboxylic acids is 1. The van der Waals surface area contributed by atoms with Gasteiger partial charge >= 0.3 is 0 Å². The number of anilines is 1.